The highest BCUT2D eigenvalue weighted by Crippen LogP contribution is 2.52. The SMILES string of the molecule is COc1ccc(OC)c(N(C(=O)O)C2C(N(C)C)C3=CC(OC3=O)C3C(CC4(C)OC24)OC(=O)C3C)c1. The fourth-order valence-electron chi connectivity index (χ4n) is 6.20. The Hall–Kier alpha value is -3.31. The van der Waals surface area contributed by atoms with Crippen LogP contribution in [0.4, 0.5) is 10.5 Å². The average Bonchev–Trinajstić information content (AvgIpc) is 3.23. The number of epoxide rings is 1. The molecule has 1 N–H and O–H groups in total. The summed E-state index contributed by atoms with van der Waals surface area (Å²) >= 11 is 0. The molecule has 2 saturated heterocycles. The molecule has 2 bridgehead atoms. The summed E-state index contributed by atoms with van der Waals surface area (Å²) in [7, 11) is 6.50. The number of anilines is 1. The van der Waals surface area contributed by atoms with E-state index in [4.69, 9.17) is 23.7 Å². The van der Waals surface area contributed by atoms with Crippen molar-refractivity contribution in [3.63, 3.8) is 0 Å². The summed E-state index contributed by atoms with van der Waals surface area (Å²) in [5, 5.41) is 10.6. The Morgan fingerprint density at radius 1 is 1.16 bits per heavy atom. The average molecular weight is 517 g/mol. The number of hydrogen-bond donors (Lipinski definition) is 1. The van der Waals surface area contributed by atoms with E-state index in [1.807, 2.05) is 6.92 Å². The van der Waals surface area contributed by atoms with E-state index in [1.54, 1.807) is 50.2 Å². The van der Waals surface area contributed by atoms with Gasteiger partial charge in [0.1, 0.15) is 29.8 Å². The van der Waals surface area contributed by atoms with Crippen molar-refractivity contribution >= 4 is 23.7 Å². The molecule has 1 amide bonds. The quantitative estimate of drug-likeness (QED) is 0.459. The predicted octanol–water partition coefficient (Wildman–Crippen LogP) is 2.08. The first-order valence-corrected chi connectivity index (χ1v) is 12.2. The molecule has 1 aromatic rings. The maximum absolute atomic E-state index is 13.3. The van der Waals surface area contributed by atoms with E-state index in [1.165, 1.54) is 19.1 Å². The Labute approximate surface area is 214 Å². The summed E-state index contributed by atoms with van der Waals surface area (Å²) in [6.45, 7) is 3.66. The number of carbonyl (C=O) groups excluding carboxylic acids is 2. The van der Waals surface area contributed by atoms with Crippen LogP contribution in [0.3, 0.4) is 0 Å². The Morgan fingerprint density at radius 3 is 2.51 bits per heavy atom. The van der Waals surface area contributed by atoms with E-state index in [0.717, 1.165) is 0 Å². The molecule has 8 unspecified atom stereocenters. The smallest absolute Gasteiger partial charge is 0.412 e. The van der Waals surface area contributed by atoms with Gasteiger partial charge < -0.3 is 33.7 Å². The number of rotatable bonds is 5. The molecule has 0 saturated carbocycles. The second kappa shape index (κ2) is 8.91. The van der Waals surface area contributed by atoms with Crippen molar-refractivity contribution in [2.45, 2.75) is 56.3 Å². The minimum Gasteiger partial charge on any atom is -0.497 e. The van der Waals surface area contributed by atoms with Gasteiger partial charge in [0.25, 0.3) is 0 Å². The number of hydrogen-bond acceptors (Lipinski definition) is 9. The molecule has 8 atom stereocenters. The van der Waals surface area contributed by atoms with Crippen LogP contribution < -0.4 is 14.4 Å². The molecule has 5 rings (SSSR count). The van der Waals surface area contributed by atoms with Crippen LogP contribution in [0.5, 0.6) is 11.5 Å². The number of nitrogens with zero attached hydrogens (tertiary/aromatic N) is 2. The van der Waals surface area contributed by atoms with Crippen molar-refractivity contribution in [2.24, 2.45) is 11.8 Å². The normalized spacial score (nSPS) is 36.1. The van der Waals surface area contributed by atoms with Crippen molar-refractivity contribution in [3.05, 3.63) is 29.8 Å². The molecular formula is C26H32N2O9. The summed E-state index contributed by atoms with van der Waals surface area (Å²) in [6, 6.07) is 3.29. The topological polar surface area (TPSA) is 127 Å². The van der Waals surface area contributed by atoms with Crippen molar-refractivity contribution < 1.29 is 43.2 Å². The molecule has 2 fully saturated rings. The van der Waals surface area contributed by atoms with Crippen LogP contribution in [0.15, 0.2) is 29.8 Å². The van der Waals surface area contributed by atoms with E-state index >= 15 is 0 Å². The number of amides is 1. The molecule has 11 nitrogen and oxygen atoms in total. The number of benzene rings is 1. The fourth-order valence-corrected chi connectivity index (χ4v) is 6.20. The number of fused-ring (bicyclic) bond motifs is 4. The van der Waals surface area contributed by atoms with Gasteiger partial charge in [-0.15, -0.1) is 0 Å². The van der Waals surface area contributed by atoms with Crippen molar-refractivity contribution in [1.82, 2.24) is 4.90 Å². The van der Waals surface area contributed by atoms with Crippen LogP contribution in [-0.2, 0) is 23.8 Å². The molecule has 4 aliphatic rings. The number of ether oxygens (including phenoxy) is 5. The van der Waals surface area contributed by atoms with E-state index in [2.05, 4.69) is 0 Å². The van der Waals surface area contributed by atoms with Gasteiger partial charge >= 0.3 is 18.0 Å². The zero-order valence-corrected chi connectivity index (χ0v) is 21.7. The highest BCUT2D eigenvalue weighted by atomic mass is 16.6. The van der Waals surface area contributed by atoms with Crippen LogP contribution >= 0.6 is 0 Å². The van der Waals surface area contributed by atoms with E-state index in [-0.39, 0.29) is 17.6 Å². The zero-order chi connectivity index (χ0) is 26.8. The van der Waals surface area contributed by atoms with Gasteiger partial charge in [-0.1, -0.05) is 6.92 Å². The molecule has 11 heteroatoms. The van der Waals surface area contributed by atoms with Gasteiger partial charge in [0.05, 0.1) is 49.1 Å². The summed E-state index contributed by atoms with van der Waals surface area (Å²) in [4.78, 5) is 41.7. The van der Waals surface area contributed by atoms with Crippen LogP contribution in [-0.4, -0.2) is 92.3 Å². The number of carbonyl (C=O) groups is 3. The van der Waals surface area contributed by atoms with E-state index < -0.39 is 54.0 Å². The molecular weight excluding hydrogens is 484 g/mol. The van der Waals surface area contributed by atoms with E-state index in [0.29, 0.717) is 23.5 Å². The minimum atomic E-state index is -1.25. The molecule has 200 valence electrons. The fraction of sp³-hybridized carbons (Fsp3) is 0.577. The van der Waals surface area contributed by atoms with Gasteiger partial charge in [0, 0.05) is 18.4 Å². The number of methoxy groups -OCH3 is 2. The van der Waals surface area contributed by atoms with Crippen LogP contribution in [0.1, 0.15) is 20.3 Å². The minimum absolute atomic E-state index is 0.253. The van der Waals surface area contributed by atoms with Crippen molar-refractivity contribution in [3.8, 4) is 11.5 Å². The largest absolute Gasteiger partial charge is 0.497 e. The molecule has 3 heterocycles. The van der Waals surface area contributed by atoms with Gasteiger partial charge in [-0.3, -0.25) is 9.69 Å². The lowest BCUT2D eigenvalue weighted by Gasteiger charge is -2.39. The maximum Gasteiger partial charge on any atom is 0.412 e. The highest BCUT2D eigenvalue weighted by Gasteiger charge is 2.66. The van der Waals surface area contributed by atoms with Gasteiger partial charge in [0.2, 0.25) is 0 Å². The molecule has 3 aliphatic heterocycles. The second-order valence-electron chi connectivity index (χ2n) is 10.5. The van der Waals surface area contributed by atoms with Crippen LogP contribution in [0.25, 0.3) is 0 Å². The monoisotopic (exact) mass is 516 g/mol. The standard InChI is InChI=1S/C26H32N2O9/c1-12-19-17-10-14(24(30)35-17)20(27(3)4)21(22-26(2,37-22)11-18(19)36-23(12)29)28(25(31)32)15-9-13(33-5)7-8-16(15)34-6/h7-10,12,17-22H,11H2,1-6H3,(H,31,32). The van der Waals surface area contributed by atoms with Crippen molar-refractivity contribution in [1.29, 1.82) is 0 Å². The van der Waals surface area contributed by atoms with Crippen molar-refractivity contribution in [2.75, 3.05) is 33.2 Å². The molecule has 0 radical (unpaired) electrons. The summed E-state index contributed by atoms with van der Waals surface area (Å²) in [6.07, 6.45) is -1.000. The Bertz CT molecular complexity index is 1170. The summed E-state index contributed by atoms with van der Waals surface area (Å²) < 4.78 is 28.6. The first kappa shape index (κ1) is 25.3. The van der Waals surface area contributed by atoms with Gasteiger partial charge in [-0.25, -0.2) is 9.59 Å². The lowest BCUT2D eigenvalue weighted by molar-refractivity contribution is -0.144. The lowest BCUT2D eigenvalue weighted by atomic mass is 9.79. The number of esters is 2. The molecule has 0 spiro atoms. The molecule has 37 heavy (non-hydrogen) atoms. The Balaban J connectivity index is 1.69. The maximum atomic E-state index is 13.3. The first-order chi connectivity index (χ1) is 17.5. The molecule has 1 aliphatic carbocycles. The van der Waals surface area contributed by atoms with Gasteiger partial charge in [-0.05, 0) is 39.2 Å². The number of carboxylic acid groups (broad SMARTS) is 1. The Morgan fingerprint density at radius 2 is 1.89 bits per heavy atom. The highest BCUT2D eigenvalue weighted by molar-refractivity contribution is 5.95. The second-order valence-corrected chi connectivity index (χ2v) is 10.5. The Kier molecular flexibility index (Phi) is 6.11. The van der Waals surface area contributed by atoms with Gasteiger partial charge in [0.15, 0.2) is 0 Å². The van der Waals surface area contributed by atoms with Crippen LogP contribution in [0, 0.1) is 11.8 Å². The number of likely N-dealkylation sites (N-methyl/N-ethyl adjacent to an activating group) is 1. The molecule has 0 aromatic heterocycles. The summed E-state index contributed by atoms with van der Waals surface area (Å²) in [5.41, 5.74) is -0.228. The van der Waals surface area contributed by atoms with Crippen LogP contribution in [0.2, 0.25) is 0 Å². The first-order valence-electron chi connectivity index (χ1n) is 12.2. The third kappa shape index (κ3) is 4.00. The zero-order valence-electron chi connectivity index (χ0n) is 21.7. The van der Waals surface area contributed by atoms with Gasteiger partial charge in [-0.2, -0.15) is 0 Å². The molecule has 1 aromatic carbocycles. The lowest BCUT2D eigenvalue weighted by Crippen LogP contribution is -2.57. The summed E-state index contributed by atoms with van der Waals surface area (Å²) in [5.74, 6) is -0.947. The third-order valence-corrected chi connectivity index (χ3v) is 8.05. The third-order valence-electron chi connectivity index (χ3n) is 8.05. The van der Waals surface area contributed by atoms with E-state index in [9.17, 15) is 19.5 Å². The predicted molar refractivity (Wildman–Crippen MR) is 130 cm³/mol.